The van der Waals surface area contributed by atoms with Crippen molar-refractivity contribution in [2.24, 2.45) is 0 Å². The molecule has 0 saturated carbocycles. The first-order valence-electron chi connectivity index (χ1n) is 25.0. The largest absolute Gasteiger partial charge is 0.462 e. The van der Waals surface area contributed by atoms with Gasteiger partial charge in [-0.25, -0.2) is 0 Å². The molecule has 1 unspecified atom stereocenters. The molecule has 1 atom stereocenters. The summed E-state index contributed by atoms with van der Waals surface area (Å²) in [6.07, 6.45) is 54.1. The summed E-state index contributed by atoms with van der Waals surface area (Å²) in [7, 11) is 0. The van der Waals surface area contributed by atoms with E-state index in [-0.39, 0.29) is 31.1 Å². The molecule has 0 aromatic carbocycles. The van der Waals surface area contributed by atoms with Crippen molar-refractivity contribution in [1.29, 1.82) is 0 Å². The van der Waals surface area contributed by atoms with Gasteiger partial charge >= 0.3 is 17.9 Å². The number of esters is 3. The number of rotatable bonds is 45. The van der Waals surface area contributed by atoms with Crippen molar-refractivity contribution in [2.45, 2.75) is 264 Å². The average molecular weight is 815 g/mol. The summed E-state index contributed by atoms with van der Waals surface area (Å²) < 4.78 is 16.7. The van der Waals surface area contributed by atoms with Crippen molar-refractivity contribution < 1.29 is 28.6 Å². The summed E-state index contributed by atoms with van der Waals surface area (Å²) in [4.78, 5) is 37.8. The van der Waals surface area contributed by atoms with E-state index >= 15 is 0 Å². The van der Waals surface area contributed by atoms with Gasteiger partial charge in [0.25, 0.3) is 0 Å². The zero-order chi connectivity index (χ0) is 42.3. The van der Waals surface area contributed by atoms with Gasteiger partial charge < -0.3 is 14.2 Å². The van der Waals surface area contributed by atoms with Crippen LogP contribution in [0.15, 0.2) is 36.5 Å². The molecule has 0 aliphatic rings. The highest BCUT2D eigenvalue weighted by molar-refractivity contribution is 5.71. The Kier molecular flexibility index (Phi) is 45.4. The molecule has 0 aliphatic heterocycles. The molecule has 0 spiro atoms. The van der Waals surface area contributed by atoms with E-state index < -0.39 is 6.10 Å². The van der Waals surface area contributed by atoms with Gasteiger partial charge in [0.15, 0.2) is 6.10 Å². The summed E-state index contributed by atoms with van der Waals surface area (Å²) in [5.41, 5.74) is 0. The van der Waals surface area contributed by atoms with E-state index in [9.17, 15) is 14.4 Å². The van der Waals surface area contributed by atoms with Crippen LogP contribution in [0.5, 0.6) is 0 Å². The Balaban J connectivity index is 4.34. The van der Waals surface area contributed by atoms with Crippen molar-refractivity contribution in [3.63, 3.8) is 0 Å². The molecule has 338 valence electrons. The zero-order valence-corrected chi connectivity index (χ0v) is 38.6. The molecular formula is C52H94O6. The molecule has 6 nitrogen and oxygen atoms in total. The minimum atomic E-state index is -0.773. The maximum absolute atomic E-state index is 12.7. The van der Waals surface area contributed by atoms with Gasteiger partial charge in [-0.2, -0.15) is 0 Å². The Morgan fingerprint density at radius 3 is 1.05 bits per heavy atom. The van der Waals surface area contributed by atoms with Crippen LogP contribution >= 0.6 is 0 Å². The number of allylic oxidation sites excluding steroid dienone is 6. The predicted octanol–water partition coefficient (Wildman–Crippen LogP) is 16.1. The quantitative estimate of drug-likeness (QED) is 0.0264. The van der Waals surface area contributed by atoms with E-state index in [2.05, 4.69) is 57.2 Å². The minimum Gasteiger partial charge on any atom is -0.462 e. The van der Waals surface area contributed by atoms with Crippen LogP contribution in [0.4, 0.5) is 0 Å². The number of carbonyl (C=O) groups excluding carboxylic acids is 3. The van der Waals surface area contributed by atoms with E-state index in [1.165, 1.54) is 141 Å². The second-order valence-electron chi connectivity index (χ2n) is 16.7. The van der Waals surface area contributed by atoms with Crippen molar-refractivity contribution in [3.05, 3.63) is 36.5 Å². The van der Waals surface area contributed by atoms with Gasteiger partial charge in [-0.05, 0) is 70.6 Å². The van der Waals surface area contributed by atoms with Crippen LogP contribution in [0.2, 0.25) is 0 Å². The highest BCUT2D eigenvalue weighted by Crippen LogP contribution is 2.15. The van der Waals surface area contributed by atoms with Crippen LogP contribution in [0.3, 0.4) is 0 Å². The standard InChI is InChI=1S/C52H94O6/c1-4-7-10-13-16-19-22-24-25-26-27-28-31-33-36-39-42-45-51(54)57-48-49(47-56-50(53)44-41-38-35-32-29-21-18-15-12-9-6-3)58-52(55)46-43-40-37-34-30-23-20-17-14-11-8-5-2/h15-16,18-19,24-25,49H,4-14,17,20-23,26-48H2,1-3H3/b18-15-,19-16-,25-24-. The number of hydrogen-bond acceptors (Lipinski definition) is 6. The van der Waals surface area contributed by atoms with Crippen LogP contribution in [-0.2, 0) is 28.6 Å². The molecule has 0 N–H and O–H groups in total. The fourth-order valence-electron chi connectivity index (χ4n) is 7.04. The number of carbonyl (C=O) groups is 3. The van der Waals surface area contributed by atoms with Gasteiger partial charge in [-0.15, -0.1) is 0 Å². The lowest BCUT2D eigenvalue weighted by Gasteiger charge is -2.18. The average Bonchev–Trinajstić information content (AvgIpc) is 3.22. The maximum atomic E-state index is 12.7. The Morgan fingerprint density at radius 1 is 0.345 bits per heavy atom. The highest BCUT2D eigenvalue weighted by atomic mass is 16.6. The summed E-state index contributed by atoms with van der Waals surface area (Å²) in [5.74, 6) is -0.886. The first-order valence-corrected chi connectivity index (χ1v) is 25.0. The first kappa shape index (κ1) is 55.6. The Hall–Kier alpha value is -2.37. The fourth-order valence-corrected chi connectivity index (χ4v) is 7.04. The third kappa shape index (κ3) is 44.7. The van der Waals surface area contributed by atoms with Gasteiger partial charge in [0.05, 0.1) is 0 Å². The molecule has 0 aliphatic carbocycles. The Bertz CT molecular complexity index is 984. The smallest absolute Gasteiger partial charge is 0.306 e. The first-order chi connectivity index (χ1) is 28.5. The molecule has 0 radical (unpaired) electrons. The predicted molar refractivity (Wildman–Crippen MR) is 247 cm³/mol. The highest BCUT2D eigenvalue weighted by Gasteiger charge is 2.19. The van der Waals surface area contributed by atoms with Crippen LogP contribution in [0, 0.1) is 0 Å². The normalized spacial score (nSPS) is 12.3. The lowest BCUT2D eigenvalue weighted by molar-refractivity contribution is -0.167. The van der Waals surface area contributed by atoms with Crippen LogP contribution < -0.4 is 0 Å². The van der Waals surface area contributed by atoms with Crippen molar-refractivity contribution >= 4 is 17.9 Å². The van der Waals surface area contributed by atoms with Gasteiger partial charge in [0, 0.05) is 19.3 Å². The monoisotopic (exact) mass is 815 g/mol. The summed E-state index contributed by atoms with van der Waals surface area (Å²) in [6.45, 7) is 6.57. The van der Waals surface area contributed by atoms with E-state index in [1.54, 1.807) is 0 Å². The lowest BCUT2D eigenvalue weighted by Crippen LogP contribution is -2.30. The third-order valence-corrected chi connectivity index (χ3v) is 10.9. The van der Waals surface area contributed by atoms with E-state index in [0.717, 1.165) is 77.0 Å². The second-order valence-corrected chi connectivity index (χ2v) is 16.7. The van der Waals surface area contributed by atoms with Crippen LogP contribution in [0.25, 0.3) is 0 Å². The molecular weight excluding hydrogens is 721 g/mol. The molecule has 0 aromatic rings. The van der Waals surface area contributed by atoms with E-state index in [0.29, 0.717) is 19.3 Å². The third-order valence-electron chi connectivity index (χ3n) is 10.9. The van der Waals surface area contributed by atoms with Crippen molar-refractivity contribution in [3.8, 4) is 0 Å². The topological polar surface area (TPSA) is 78.9 Å². The molecule has 0 aromatic heterocycles. The second kappa shape index (κ2) is 47.3. The molecule has 0 bridgehead atoms. The van der Waals surface area contributed by atoms with Gasteiger partial charge in [-0.3, -0.25) is 14.4 Å². The lowest BCUT2D eigenvalue weighted by atomic mass is 10.0. The van der Waals surface area contributed by atoms with Gasteiger partial charge in [0.1, 0.15) is 13.2 Å². The zero-order valence-electron chi connectivity index (χ0n) is 38.6. The van der Waals surface area contributed by atoms with E-state index in [1.807, 2.05) is 0 Å². The van der Waals surface area contributed by atoms with Crippen molar-refractivity contribution in [1.82, 2.24) is 0 Å². The van der Waals surface area contributed by atoms with Gasteiger partial charge in [-0.1, -0.05) is 205 Å². The SMILES string of the molecule is CCCC/C=C\CCCCCCCC(=O)OCC(COC(=O)CCCCCCCCC/C=C\C/C=C\CCCCC)OC(=O)CCCCCCCCCCCCCC. The Labute approximate surface area is 359 Å². The van der Waals surface area contributed by atoms with E-state index in [4.69, 9.17) is 14.2 Å². The van der Waals surface area contributed by atoms with Crippen LogP contribution in [-0.4, -0.2) is 37.2 Å². The van der Waals surface area contributed by atoms with Crippen molar-refractivity contribution in [2.75, 3.05) is 13.2 Å². The molecule has 0 fully saturated rings. The molecule has 0 heterocycles. The molecule has 0 saturated heterocycles. The Morgan fingerprint density at radius 2 is 0.638 bits per heavy atom. The molecule has 6 heteroatoms. The summed E-state index contributed by atoms with van der Waals surface area (Å²) in [6, 6.07) is 0. The number of unbranched alkanes of at least 4 members (excludes halogenated alkanes) is 28. The molecule has 0 rings (SSSR count). The summed E-state index contributed by atoms with van der Waals surface area (Å²) >= 11 is 0. The van der Waals surface area contributed by atoms with Gasteiger partial charge in [0.2, 0.25) is 0 Å². The number of ether oxygens (including phenoxy) is 3. The molecule has 58 heavy (non-hydrogen) atoms. The minimum absolute atomic E-state index is 0.0765. The fraction of sp³-hybridized carbons (Fsp3) is 0.827. The number of hydrogen-bond donors (Lipinski definition) is 0. The molecule has 0 amide bonds. The maximum Gasteiger partial charge on any atom is 0.306 e. The summed E-state index contributed by atoms with van der Waals surface area (Å²) in [5, 5.41) is 0. The van der Waals surface area contributed by atoms with Crippen LogP contribution in [0.1, 0.15) is 258 Å².